The molecular weight excluding hydrogens is 352 g/mol. The van der Waals surface area contributed by atoms with Gasteiger partial charge in [-0.2, -0.15) is 0 Å². The van der Waals surface area contributed by atoms with E-state index in [1.807, 2.05) is 54.4 Å². The first-order valence-corrected chi connectivity index (χ1v) is 9.14. The zero-order valence-electron chi connectivity index (χ0n) is 16.1. The van der Waals surface area contributed by atoms with Gasteiger partial charge < -0.3 is 15.0 Å². The van der Waals surface area contributed by atoms with Crippen LogP contribution in [0.1, 0.15) is 21.6 Å². The Labute approximate surface area is 165 Å². The number of nitrogens with one attached hydrogen (secondary N) is 1. The van der Waals surface area contributed by atoms with Crippen molar-refractivity contribution in [2.75, 3.05) is 25.6 Å². The molecule has 0 aliphatic rings. The van der Waals surface area contributed by atoms with E-state index in [1.165, 1.54) is 11.8 Å². The predicted molar refractivity (Wildman–Crippen MR) is 110 cm³/mol. The third kappa shape index (κ3) is 5.30. The van der Waals surface area contributed by atoms with Crippen molar-refractivity contribution in [3.63, 3.8) is 0 Å². The highest BCUT2D eigenvalue weighted by Gasteiger charge is 2.10. The molecule has 1 amide bonds. The van der Waals surface area contributed by atoms with Crippen LogP contribution in [0.4, 0.5) is 5.82 Å². The Kier molecular flexibility index (Phi) is 6.57. The Hall–Kier alpha value is -3.41. The summed E-state index contributed by atoms with van der Waals surface area (Å²) in [4.78, 5) is 22.9. The number of benzene rings is 2. The van der Waals surface area contributed by atoms with Crippen LogP contribution in [-0.4, -0.2) is 36.6 Å². The highest BCUT2D eigenvalue weighted by Crippen LogP contribution is 2.12. The van der Waals surface area contributed by atoms with Gasteiger partial charge in [0.05, 0.1) is 19.5 Å². The number of aromatic nitrogens is 2. The lowest BCUT2D eigenvalue weighted by molar-refractivity contribution is 0.0949. The minimum absolute atomic E-state index is 0.224. The Morgan fingerprint density at radius 2 is 1.75 bits per heavy atom. The number of hydrogen-bond acceptors (Lipinski definition) is 5. The van der Waals surface area contributed by atoms with E-state index in [9.17, 15) is 4.79 Å². The van der Waals surface area contributed by atoms with Gasteiger partial charge in [0, 0.05) is 20.1 Å². The monoisotopic (exact) mass is 376 g/mol. The number of nitrogens with zero attached hydrogens (tertiary/aromatic N) is 3. The first kappa shape index (κ1) is 19.4. The molecule has 3 rings (SSSR count). The maximum atomic E-state index is 12.3. The standard InChI is InChI=1S/C22H24N4O2/c1-26(16-18-6-4-3-5-7-18)21-15-24-20(14-25-21)22(27)23-13-12-17-8-10-19(28-2)11-9-17/h3-11,14-15H,12-13,16H2,1-2H3,(H,23,27). The topological polar surface area (TPSA) is 67.3 Å². The van der Waals surface area contributed by atoms with Crippen LogP contribution in [0.5, 0.6) is 5.75 Å². The number of rotatable bonds is 8. The van der Waals surface area contributed by atoms with E-state index in [0.717, 1.165) is 30.1 Å². The van der Waals surface area contributed by atoms with Crippen molar-refractivity contribution in [3.05, 3.63) is 83.8 Å². The molecule has 6 nitrogen and oxygen atoms in total. The summed E-state index contributed by atoms with van der Waals surface area (Å²) in [5.41, 5.74) is 2.63. The molecule has 2 aromatic carbocycles. The summed E-state index contributed by atoms with van der Waals surface area (Å²) >= 11 is 0. The molecule has 144 valence electrons. The number of carbonyl (C=O) groups is 1. The molecule has 6 heteroatoms. The van der Waals surface area contributed by atoms with Crippen LogP contribution in [0.3, 0.4) is 0 Å². The molecule has 1 aromatic heterocycles. The summed E-state index contributed by atoms with van der Waals surface area (Å²) in [6.07, 6.45) is 3.88. The minimum atomic E-state index is -0.224. The van der Waals surface area contributed by atoms with Gasteiger partial charge in [0.25, 0.3) is 5.91 Å². The second-order valence-corrected chi connectivity index (χ2v) is 6.46. The number of amides is 1. The second-order valence-electron chi connectivity index (χ2n) is 6.46. The van der Waals surface area contributed by atoms with Crippen LogP contribution in [0.2, 0.25) is 0 Å². The van der Waals surface area contributed by atoms with Gasteiger partial charge in [0.2, 0.25) is 0 Å². The van der Waals surface area contributed by atoms with Crippen molar-refractivity contribution in [3.8, 4) is 5.75 Å². The number of carbonyl (C=O) groups excluding carboxylic acids is 1. The van der Waals surface area contributed by atoms with Crippen molar-refractivity contribution in [1.29, 1.82) is 0 Å². The van der Waals surface area contributed by atoms with Crippen molar-refractivity contribution < 1.29 is 9.53 Å². The van der Waals surface area contributed by atoms with Crippen LogP contribution in [0, 0.1) is 0 Å². The normalized spacial score (nSPS) is 10.4. The van der Waals surface area contributed by atoms with E-state index in [4.69, 9.17) is 4.74 Å². The molecule has 0 fully saturated rings. The van der Waals surface area contributed by atoms with Gasteiger partial charge in [0.1, 0.15) is 17.3 Å². The molecule has 1 N–H and O–H groups in total. The molecule has 0 bridgehead atoms. The molecule has 3 aromatic rings. The smallest absolute Gasteiger partial charge is 0.271 e. The van der Waals surface area contributed by atoms with Crippen LogP contribution in [0.25, 0.3) is 0 Å². The Bertz CT molecular complexity index is 881. The van der Waals surface area contributed by atoms with Crippen molar-refractivity contribution in [1.82, 2.24) is 15.3 Å². The minimum Gasteiger partial charge on any atom is -0.497 e. The van der Waals surface area contributed by atoms with Crippen LogP contribution >= 0.6 is 0 Å². The highest BCUT2D eigenvalue weighted by atomic mass is 16.5. The van der Waals surface area contributed by atoms with Gasteiger partial charge >= 0.3 is 0 Å². The number of anilines is 1. The molecule has 0 radical (unpaired) electrons. The summed E-state index contributed by atoms with van der Waals surface area (Å²) in [5, 5.41) is 2.88. The van der Waals surface area contributed by atoms with Gasteiger partial charge in [0.15, 0.2) is 0 Å². The zero-order chi connectivity index (χ0) is 19.8. The fourth-order valence-electron chi connectivity index (χ4n) is 2.78. The number of methoxy groups -OCH3 is 1. The Morgan fingerprint density at radius 1 is 1.00 bits per heavy atom. The molecule has 1 heterocycles. The van der Waals surface area contributed by atoms with Crippen molar-refractivity contribution in [2.45, 2.75) is 13.0 Å². The van der Waals surface area contributed by atoms with E-state index in [2.05, 4.69) is 27.4 Å². The maximum absolute atomic E-state index is 12.3. The van der Waals surface area contributed by atoms with E-state index >= 15 is 0 Å². The van der Waals surface area contributed by atoms with Crippen molar-refractivity contribution >= 4 is 11.7 Å². The van der Waals surface area contributed by atoms with E-state index in [1.54, 1.807) is 13.3 Å². The summed E-state index contributed by atoms with van der Waals surface area (Å²) in [5.74, 6) is 1.32. The number of ether oxygens (including phenoxy) is 1. The molecule has 0 atom stereocenters. The lowest BCUT2D eigenvalue weighted by Crippen LogP contribution is -2.27. The van der Waals surface area contributed by atoms with Crippen LogP contribution in [0.15, 0.2) is 67.0 Å². The molecule has 0 unspecified atom stereocenters. The first-order chi connectivity index (χ1) is 13.7. The highest BCUT2D eigenvalue weighted by molar-refractivity contribution is 5.92. The van der Waals surface area contributed by atoms with Crippen LogP contribution < -0.4 is 15.0 Å². The molecular formula is C22H24N4O2. The Morgan fingerprint density at radius 3 is 2.39 bits per heavy atom. The molecule has 0 saturated carbocycles. The molecule has 0 saturated heterocycles. The summed E-state index contributed by atoms with van der Waals surface area (Å²) in [6, 6.07) is 17.9. The molecule has 28 heavy (non-hydrogen) atoms. The summed E-state index contributed by atoms with van der Waals surface area (Å²) < 4.78 is 5.14. The third-order valence-electron chi connectivity index (χ3n) is 4.38. The fraction of sp³-hybridized carbons (Fsp3) is 0.227. The Balaban J connectivity index is 1.50. The van der Waals surface area contributed by atoms with E-state index in [-0.39, 0.29) is 5.91 Å². The maximum Gasteiger partial charge on any atom is 0.271 e. The van der Waals surface area contributed by atoms with Gasteiger partial charge in [-0.15, -0.1) is 0 Å². The zero-order valence-corrected chi connectivity index (χ0v) is 16.1. The number of hydrogen-bond donors (Lipinski definition) is 1. The van der Waals surface area contributed by atoms with Crippen LogP contribution in [-0.2, 0) is 13.0 Å². The summed E-state index contributed by atoms with van der Waals surface area (Å²) in [6.45, 7) is 1.26. The lowest BCUT2D eigenvalue weighted by atomic mass is 10.1. The second kappa shape index (κ2) is 9.50. The SMILES string of the molecule is COc1ccc(CCNC(=O)c2cnc(N(C)Cc3ccccc3)cn2)cc1. The largest absolute Gasteiger partial charge is 0.497 e. The average Bonchev–Trinajstić information content (AvgIpc) is 2.75. The van der Waals surface area contributed by atoms with E-state index in [0.29, 0.717) is 12.2 Å². The average molecular weight is 376 g/mol. The van der Waals surface area contributed by atoms with Crippen molar-refractivity contribution in [2.24, 2.45) is 0 Å². The summed E-state index contributed by atoms with van der Waals surface area (Å²) in [7, 11) is 3.59. The molecule has 0 aliphatic carbocycles. The predicted octanol–water partition coefficient (Wildman–Crippen LogP) is 3.09. The molecule has 0 aliphatic heterocycles. The van der Waals surface area contributed by atoms with Gasteiger partial charge in [-0.1, -0.05) is 42.5 Å². The van der Waals surface area contributed by atoms with Gasteiger partial charge in [-0.3, -0.25) is 4.79 Å². The third-order valence-corrected chi connectivity index (χ3v) is 4.38. The molecule has 0 spiro atoms. The van der Waals surface area contributed by atoms with Gasteiger partial charge in [-0.25, -0.2) is 9.97 Å². The quantitative estimate of drug-likeness (QED) is 0.654. The first-order valence-electron chi connectivity index (χ1n) is 9.14. The fourth-order valence-corrected chi connectivity index (χ4v) is 2.78. The van der Waals surface area contributed by atoms with E-state index < -0.39 is 0 Å². The van der Waals surface area contributed by atoms with Gasteiger partial charge in [-0.05, 0) is 29.7 Å². The lowest BCUT2D eigenvalue weighted by Gasteiger charge is -2.17.